The summed E-state index contributed by atoms with van der Waals surface area (Å²) in [4.78, 5) is 6.15. The summed E-state index contributed by atoms with van der Waals surface area (Å²) in [6.07, 6.45) is 3.75. The van der Waals surface area contributed by atoms with Crippen LogP contribution >= 0.6 is 11.3 Å². The molecule has 0 radical (unpaired) electrons. The number of rotatable bonds is 7. The van der Waals surface area contributed by atoms with Crippen molar-refractivity contribution >= 4 is 11.3 Å². The second kappa shape index (κ2) is 5.68. The van der Waals surface area contributed by atoms with E-state index in [2.05, 4.69) is 26.1 Å². The van der Waals surface area contributed by atoms with Crippen LogP contribution in [0.5, 0.6) is 0 Å². The topological polar surface area (TPSA) is 34.1 Å². The maximum absolute atomic E-state index is 5.17. The second-order valence-corrected chi connectivity index (χ2v) is 6.38. The summed E-state index contributed by atoms with van der Waals surface area (Å²) >= 11 is 1.86. The molecule has 1 saturated carbocycles. The van der Waals surface area contributed by atoms with Gasteiger partial charge in [0.2, 0.25) is 0 Å². The molecule has 0 spiro atoms. The van der Waals surface area contributed by atoms with Crippen molar-refractivity contribution in [2.45, 2.75) is 45.6 Å². The zero-order valence-electron chi connectivity index (χ0n) is 11.9. The van der Waals surface area contributed by atoms with Gasteiger partial charge in [0.1, 0.15) is 5.01 Å². The van der Waals surface area contributed by atoms with E-state index in [-0.39, 0.29) is 5.54 Å². The Kier molecular flexibility index (Phi) is 4.41. The van der Waals surface area contributed by atoms with E-state index >= 15 is 0 Å². The number of aryl methyl sites for hydroxylation is 2. The Hall–Kier alpha value is -0.450. The maximum Gasteiger partial charge on any atom is 0.114 e. The predicted molar refractivity (Wildman–Crippen MR) is 76.2 cm³/mol. The highest BCUT2D eigenvalue weighted by molar-refractivity contribution is 7.11. The SMILES string of the molecule is CCC(NCCOC)(c1nc(C)c(C)s1)C1CC1. The third-order valence-electron chi connectivity index (χ3n) is 3.99. The molecule has 1 heterocycles. The van der Waals surface area contributed by atoms with Crippen molar-refractivity contribution in [3.05, 3.63) is 15.6 Å². The average molecular weight is 268 g/mol. The average Bonchev–Trinajstić information content (AvgIpc) is 3.14. The molecule has 18 heavy (non-hydrogen) atoms. The first kappa shape index (κ1) is 14.0. The predicted octanol–water partition coefficient (Wildman–Crippen LogP) is 3.01. The van der Waals surface area contributed by atoms with Gasteiger partial charge < -0.3 is 10.1 Å². The minimum atomic E-state index is 0.0855. The van der Waals surface area contributed by atoms with Crippen LogP contribution in [0.4, 0.5) is 0 Å². The van der Waals surface area contributed by atoms with Gasteiger partial charge in [-0.25, -0.2) is 4.98 Å². The third-order valence-corrected chi connectivity index (χ3v) is 5.24. The molecule has 1 aromatic rings. The molecule has 2 rings (SSSR count). The Morgan fingerprint density at radius 1 is 1.44 bits per heavy atom. The molecule has 3 nitrogen and oxygen atoms in total. The summed E-state index contributed by atoms with van der Waals surface area (Å²) in [6, 6.07) is 0. The van der Waals surface area contributed by atoms with Gasteiger partial charge in [-0.15, -0.1) is 11.3 Å². The van der Waals surface area contributed by atoms with Crippen molar-refractivity contribution in [3.8, 4) is 0 Å². The number of nitrogens with one attached hydrogen (secondary N) is 1. The zero-order valence-corrected chi connectivity index (χ0v) is 12.7. The van der Waals surface area contributed by atoms with Crippen molar-refractivity contribution in [1.29, 1.82) is 0 Å². The summed E-state index contributed by atoms with van der Waals surface area (Å²) in [6.45, 7) is 8.21. The molecule has 1 atom stereocenters. The molecule has 0 aromatic carbocycles. The molecule has 1 unspecified atom stereocenters. The molecule has 0 aliphatic heterocycles. The van der Waals surface area contributed by atoms with Gasteiger partial charge in [-0.05, 0) is 39.0 Å². The third kappa shape index (κ3) is 2.60. The van der Waals surface area contributed by atoms with Gasteiger partial charge in [-0.1, -0.05) is 6.92 Å². The van der Waals surface area contributed by atoms with Gasteiger partial charge in [0.05, 0.1) is 17.8 Å². The van der Waals surface area contributed by atoms with E-state index in [4.69, 9.17) is 9.72 Å². The van der Waals surface area contributed by atoms with Crippen LogP contribution in [0.15, 0.2) is 0 Å². The molecule has 0 amide bonds. The van der Waals surface area contributed by atoms with E-state index in [1.54, 1.807) is 7.11 Å². The molecule has 0 bridgehead atoms. The van der Waals surface area contributed by atoms with E-state index < -0.39 is 0 Å². The van der Waals surface area contributed by atoms with Crippen molar-refractivity contribution < 1.29 is 4.74 Å². The molecule has 1 aliphatic carbocycles. The van der Waals surface area contributed by atoms with E-state index in [0.29, 0.717) is 0 Å². The highest BCUT2D eigenvalue weighted by Gasteiger charge is 2.46. The fraction of sp³-hybridized carbons (Fsp3) is 0.786. The molecule has 1 aliphatic rings. The van der Waals surface area contributed by atoms with E-state index in [1.807, 2.05) is 11.3 Å². The van der Waals surface area contributed by atoms with Crippen LogP contribution in [-0.4, -0.2) is 25.2 Å². The number of aromatic nitrogens is 1. The molecule has 1 aromatic heterocycles. The quantitative estimate of drug-likeness (QED) is 0.772. The van der Waals surface area contributed by atoms with Crippen LogP contribution in [0.1, 0.15) is 41.8 Å². The monoisotopic (exact) mass is 268 g/mol. The summed E-state index contributed by atoms with van der Waals surface area (Å²) < 4.78 is 5.17. The summed E-state index contributed by atoms with van der Waals surface area (Å²) in [5, 5.41) is 5.00. The van der Waals surface area contributed by atoms with Crippen LogP contribution in [0.3, 0.4) is 0 Å². The Balaban J connectivity index is 2.22. The van der Waals surface area contributed by atoms with E-state index in [9.17, 15) is 0 Å². The zero-order chi connectivity index (χ0) is 13.2. The molecule has 1 N–H and O–H groups in total. The molecule has 102 valence electrons. The lowest BCUT2D eigenvalue weighted by molar-refractivity contribution is 0.174. The largest absolute Gasteiger partial charge is 0.383 e. The normalized spacial score (nSPS) is 18.9. The minimum Gasteiger partial charge on any atom is -0.383 e. The van der Waals surface area contributed by atoms with Gasteiger partial charge in [0, 0.05) is 18.5 Å². The maximum atomic E-state index is 5.17. The summed E-state index contributed by atoms with van der Waals surface area (Å²) in [5.74, 6) is 0.754. The molecule has 1 fully saturated rings. The first-order chi connectivity index (χ1) is 8.64. The summed E-state index contributed by atoms with van der Waals surface area (Å²) in [7, 11) is 1.75. The minimum absolute atomic E-state index is 0.0855. The molecular weight excluding hydrogens is 244 g/mol. The lowest BCUT2D eigenvalue weighted by Crippen LogP contribution is -2.45. The number of hydrogen-bond acceptors (Lipinski definition) is 4. The van der Waals surface area contributed by atoms with Crippen LogP contribution in [-0.2, 0) is 10.3 Å². The molecule has 0 saturated heterocycles. The number of hydrogen-bond donors (Lipinski definition) is 1. The number of thiazole rings is 1. The summed E-state index contributed by atoms with van der Waals surface area (Å²) in [5.41, 5.74) is 1.27. The first-order valence-electron chi connectivity index (χ1n) is 6.82. The standard InChI is InChI=1S/C14H24N2OS/c1-5-14(12-6-7-12,15-8-9-17-4)13-16-10(2)11(3)18-13/h12,15H,5-9H2,1-4H3. The van der Waals surface area contributed by atoms with Gasteiger partial charge in [0.15, 0.2) is 0 Å². The fourth-order valence-electron chi connectivity index (χ4n) is 2.58. The highest BCUT2D eigenvalue weighted by Crippen LogP contribution is 2.48. The lowest BCUT2D eigenvalue weighted by Gasteiger charge is -2.32. The van der Waals surface area contributed by atoms with Crippen molar-refractivity contribution in [2.24, 2.45) is 5.92 Å². The van der Waals surface area contributed by atoms with Crippen LogP contribution < -0.4 is 5.32 Å². The van der Waals surface area contributed by atoms with Gasteiger partial charge in [-0.3, -0.25) is 0 Å². The van der Waals surface area contributed by atoms with Crippen molar-refractivity contribution in [2.75, 3.05) is 20.3 Å². The van der Waals surface area contributed by atoms with Crippen molar-refractivity contribution in [3.63, 3.8) is 0 Å². The van der Waals surface area contributed by atoms with Crippen LogP contribution in [0.25, 0.3) is 0 Å². The molecular formula is C14H24N2OS. The second-order valence-electron chi connectivity index (χ2n) is 5.18. The van der Waals surface area contributed by atoms with Crippen LogP contribution in [0, 0.1) is 19.8 Å². The van der Waals surface area contributed by atoms with Crippen LogP contribution in [0.2, 0.25) is 0 Å². The number of methoxy groups -OCH3 is 1. The Morgan fingerprint density at radius 3 is 2.61 bits per heavy atom. The molecule has 4 heteroatoms. The Bertz CT molecular complexity index is 381. The first-order valence-corrected chi connectivity index (χ1v) is 7.64. The highest BCUT2D eigenvalue weighted by atomic mass is 32.1. The smallest absolute Gasteiger partial charge is 0.114 e. The van der Waals surface area contributed by atoms with Crippen molar-refractivity contribution in [1.82, 2.24) is 10.3 Å². The van der Waals surface area contributed by atoms with E-state index in [0.717, 1.165) is 25.5 Å². The van der Waals surface area contributed by atoms with Gasteiger partial charge in [0.25, 0.3) is 0 Å². The Morgan fingerprint density at radius 2 is 2.17 bits per heavy atom. The van der Waals surface area contributed by atoms with E-state index in [1.165, 1.54) is 28.4 Å². The Labute approximate surface area is 114 Å². The van der Waals surface area contributed by atoms with Gasteiger partial charge in [-0.2, -0.15) is 0 Å². The van der Waals surface area contributed by atoms with Gasteiger partial charge >= 0.3 is 0 Å². The number of nitrogens with zero attached hydrogens (tertiary/aromatic N) is 1. The fourth-order valence-corrected chi connectivity index (χ4v) is 3.81. The lowest BCUT2D eigenvalue weighted by atomic mass is 9.90. The number of ether oxygens (including phenoxy) is 1.